The molecule has 0 radical (unpaired) electrons. The second-order valence-electron chi connectivity index (χ2n) is 7.23. The Morgan fingerprint density at radius 2 is 1.78 bits per heavy atom. The maximum atomic E-state index is 11.7. The molecule has 2 aliphatic rings. The van der Waals surface area contributed by atoms with E-state index < -0.39 is 10.0 Å². The summed E-state index contributed by atoms with van der Waals surface area (Å²) in [5.41, 5.74) is 0.908. The first kappa shape index (κ1) is 19.3. The van der Waals surface area contributed by atoms with Crippen LogP contribution in [0.1, 0.15) is 24.1 Å². The molecule has 2 fully saturated rings. The molecule has 7 nitrogen and oxygen atoms in total. The predicted molar refractivity (Wildman–Crippen MR) is 110 cm³/mol. The van der Waals surface area contributed by atoms with Crippen LogP contribution in [0, 0.1) is 0 Å². The second kappa shape index (κ2) is 7.79. The average Bonchev–Trinajstić information content (AvgIpc) is 3.03. The maximum Gasteiger partial charge on any atom is 0.224 e. The van der Waals surface area contributed by atoms with Gasteiger partial charge in [0.1, 0.15) is 0 Å². The standard InChI is InChI=1S/C17H24ClN5O2S2/c1-27(24,25)23-9-7-21(8-10-23)12-13-11-14-15(26-13)16(20-17(18)19-14)22-5-3-2-4-6-22/h11H,2-10,12H2,1H3. The van der Waals surface area contributed by atoms with Gasteiger partial charge in [-0.25, -0.2) is 13.4 Å². The third kappa shape index (κ3) is 4.37. The molecule has 2 saturated heterocycles. The SMILES string of the molecule is CS(=O)(=O)N1CCN(Cc2cc3nc(Cl)nc(N4CCCCC4)c3s2)CC1. The normalized spacial score (nSPS) is 20.4. The van der Waals surface area contributed by atoms with E-state index in [9.17, 15) is 8.42 Å². The Bertz CT molecular complexity index is 919. The van der Waals surface area contributed by atoms with E-state index in [0.29, 0.717) is 18.4 Å². The van der Waals surface area contributed by atoms with Crippen LogP contribution in [0.3, 0.4) is 0 Å². The van der Waals surface area contributed by atoms with Crippen LogP contribution in [-0.4, -0.2) is 73.1 Å². The van der Waals surface area contributed by atoms with Crippen molar-refractivity contribution in [3.8, 4) is 0 Å². The first-order valence-electron chi connectivity index (χ1n) is 9.28. The molecule has 0 saturated carbocycles. The van der Waals surface area contributed by atoms with Crippen LogP contribution in [0.4, 0.5) is 5.82 Å². The number of anilines is 1. The van der Waals surface area contributed by atoms with Gasteiger partial charge in [0.2, 0.25) is 15.3 Å². The molecule has 2 aliphatic heterocycles. The third-order valence-corrected chi connectivity index (χ3v) is 7.79. The van der Waals surface area contributed by atoms with Gasteiger partial charge in [0.05, 0.1) is 16.5 Å². The van der Waals surface area contributed by atoms with Crippen molar-refractivity contribution in [1.82, 2.24) is 19.2 Å². The van der Waals surface area contributed by atoms with Crippen molar-refractivity contribution in [1.29, 1.82) is 0 Å². The summed E-state index contributed by atoms with van der Waals surface area (Å²) in [5, 5.41) is 0.300. The van der Waals surface area contributed by atoms with Crippen molar-refractivity contribution >= 4 is 49.0 Å². The molecule has 27 heavy (non-hydrogen) atoms. The minimum Gasteiger partial charge on any atom is -0.355 e. The van der Waals surface area contributed by atoms with Crippen LogP contribution in [0.2, 0.25) is 5.28 Å². The van der Waals surface area contributed by atoms with Gasteiger partial charge in [-0.3, -0.25) is 4.90 Å². The highest BCUT2D eigenvalue weighted by atomic mass is 35.5. The number of thiophene rings is 1. The highest BCUT2D eigenvalue weighted by Gasteiger charge is 2.24. The Morgan fingerprint density at radius 1 is 1.07 bits per heavy atom. The van der Waals surface area contributed by atoms with Gasteiger partial charge in [-0.05, 0) is 36.9 Å². The van der Waals surface area contributed by atoms with Crippen LogP contribution in [-0.2, 0) is 16.6 Å². The number of sulfonamides is 1. The minimum absolute atomic E-state index is 0.300. The number of fused-ring (bicyclic) bond motifs is 1. The largest absolute Gasteiger partial charge is 0.355 e. The molecule has 4 heterocycles. The molecule has 2 aromatic rings. The maximum absolute atomic E-state index is 11.7. The number of piperidine rings is 1. The summed E-state index contributed by atoms with van der Waals surface area (Å²) in [6.45, 7) is 5.42. The summed E-state index contributed by atoms with van der Waals surface area (Å²) in [6, 6.07) is 2.10. The van der Waals surface area contributed by atoms with Crippen molar-refractivity contribution in [2.24, 2.45) is 0 Å². The molecule has 0 aliphatic carbocycles. The first-order valence-corrected chi connectivity index (χ1v) is 12.3. The van der Waals surface area contributed by atoms with Crippen molar-refractivity contribution in [3.05, 3.63) is 16.2 Å². The summed E-state index contributed by atoms with van der Waals surface area (Å²) in [7, 11) is -3.09. The molecule has 0 spiro atoms. The molecule has 2 aromatic heterocycles. The number of halogens is 1. The third-order valence-electron chi connectivity index (χ3n) is 5.21. The summed E-state index contributed by atoms with van der Waals surface area (Å²) >= 11 is 7.91. The van der Waals surface area contributed by atoms with Crippen LogP contribution in [0.25, 0.3) is 10.2 Å². The number of rotatable bonds is 4. The molecule has 10 heteroatoms. The Hall–Kier alpha value is -1.00. The summed E-state index contributed by atoms with van der Waals surface area (Å²) in [5.74, 6) is 0.961. The number of aromatic nitrogens is 2. The Balaban J connectivity index is 1.52. The van der Waals surface area contributed by atoms with Crippen molar-refractivity contribution in [2.75, 3.05) is 50.4 Å². The molecule has 4 rings (SSSR count). The lowest BCUT2D eigenvalue weighted by atomic mass is 10.1. The van der Waals surface area contributed by atoms with Gasteiger partial charge in [-0.1, -0.05) is 0 Å². The highest BCUT2D eigenvalue weighted by Crippen LogP contribution is 2.34. The molecule has 148 valence electrons. The van der Waals surface area contributed by atoms with Gasteiger partial charge in [0.15, 0.2) is 5.82 Å². The van der Waals surface area contributed by atoms with Crippen molar-refractivity contribution < 1.29 is 8.42 Å². The lowest BCUT2D eigenvalue weighted by Gasteiger charge is -2.32. The van der Waals surface area contributed by atoms with Crippen LogP contribution in [0.15, 0.2) is 6.07 Å². The van der Waals surface area contributed by atoms with E-state index >= 15 is 0 Å². The molecule has 0 bridgehead atoms. The predicted octanol–water partition coefficient (Wildman–Crippen LogP) is 2.41. The quantitative estimate of drug-likeness (QED) is 0.695. The average molecular weight is 430 g/mol. The van der Waals surface area contributed by atoms with Gasteiger partial charge in [-0.2, -0.15) is 9.29 Å². The molecule has 0 amide bonds. The number of hydrogen-bond acceptors (Lipinski definition) is 7. The van der Waals surface area contributed by atoms with E-state index in [4.69, 9.17) is 11.6 Å². The zero-order valence-electron chi connectivity index (χ0n) is 15.4. The van der Waals surface area contributed by atoms with E-state index in [1.165, 1.54) is 30.4 Å². The van der Waals surface area contributed by atoms with E-state index in [2.05, 4.69) is 25.8 Å². The van der Waals surface area contributed by atoms with Gasteiger partial charge in [0, 0.05) is 50.7 Å². The molecule has 0 atom stereocenters. The van der Waals surface area contributed by atoms with Gasteiger partial charge in [-0.15, -0.1) is 11.3 Å². The smallest absolute Gasteiger partial charge is 0.224 e. The minimum atomic E-state index is -3.09. The Kier molecular flexibility index (Phi) is 5.57. The van der Waals surface area contributed by atoms with E-state index in [1.54, 1.807) is 15.6 Å². The second-order valence-corrected chi connectivity index (χ2v) is 10.7. The van der Waals surface area contributed by atoms with Crippen LogP contribution < -0.4 is 4.90 Å². The molecule has 0 aromatic carbocycles. The van der Waals surface area contributed by atoms with Crippen molar-refractivity contribution in [2.45, 2.75) is 25.8 Å². The van der Waals surface area contributed by atoms with Crippen LogP contribution >= 0.6 is 22.9 Å². The molecular weight excluding hydrogens is 406 g/mol. The Morgan fingerprint density at radius 3 is 2.44 bits per heavy atom. The van der Waals surface area contributed by atoms with Crippen LogP contribution in [0.5, 0.6) is 0 Å². The fourth-order valence-corrected chi connectivity index (χ4v) is 5.93. The molecular formula is C17H24ClN5O2S2. The fourth-order valence-electron chi connectivity index (χ4n) is 3.77. The van der Waals surface area contributed by atoms with Gasteiger partial charge in [0.25, 0.3) is 0 Å². The summed E-state index contributed by atoms with van der Waals surface area (Å²) in [4.78, 5) is 14.8. The lowest BCUT2D eigenvalue weighted by Crippen LogP contribution is -2.47. The highest BCUT2D eigenvalue weighted by molar-refractivity contribution is 7.88. The van der Waals surface area contributed by atoms with Gasteiger partial charge < -0.3 is 4.90 Å². The van der Waals surface area contributed by atoms with E-state index in [1.807, 2.05) is 0 Å². The molecule has 0 N–H and O–H groups in total. The van der Waals surface area contributed by atoms with Gasteiger partial charge >= 0.3 is 0 Å². The first-order chi connectivity index (χ1) is 12.9. The number of hydrogen-bond donors (Lipinski definition) is 0. The monoisotopic (exact) mass is 429 g/mol. The van der Waals surface area contributed by atoms with Crippen molar-refractivity contribution in [3.63, 3.8) is 0 Å². The number of piperazine rings is 1. The topological polar surface area (TPSA) is 69.6 Å². The van der Waals surface area contributed by atoms with E-state index in [0.717, 1.165) is 48.8 Å². The zero-order valence-corrected chi connectivity index (χ0v) is 17.8. The number of nitrogens with zero attached hydrogens (tertiary/aromatic N) is 5. The Labute approximate surface area is 169 Å². The fraction of sp³-hybridized carbons (Fsp3) is 0.647. The molecule has 0 unspecified atom stereocenters. The zero-order chi connectivity index (χ0) is 19.0. The van der Waals surface area contributed by atoms with E-state index in [-0.39, 0.29) is 0 Å². The lowest BCUT2D eigenvalue weighted by molar-refractivity contribution is 0.183. The summed E-state index contributed by atoms with van der Waals surface area (Å²) in [6.07, 6.45) is 4.92. The summed E-state index contributed by atoms with van der Waals surface area (Å²) < 4.78 is 26.0.